The van der Waals surface area contributed by atoms with Gasteiger partial charge in [0.05, 0.1) is 58.0 Å². The molecule has 0 aromatic rings. The van der Waals surface area contributed by atoms with Crippen molar-refractivity contribution in [3.63, 3.8) is 0 Å². The molecule has 0 aromatic carbocycles. The number of fused-ring (bicyclic) bond motifs is 7. The van der Waals surface area contributed by atoms with Crippen LogP contribution in [0.3, 0.4) is 0 Å². The molecule has 8 aliphatic heterocycles. The first kappa shape index (κ1) is 73.5. The zero-order valence-corrected chi connectivity index (χ0v) is 54.1. The van der Waals surface area contributed by atoms with E-state index in [4.69, 9.17) is 66.3 Å². The second-order valence-corrected chi connectivity index (χ2v) is 29.9. The van der Waals surface area contributed by atoms with Gasteiger partial charge in [0.1, 0.15) is 140 Å². The third-order valence-corrected chi connectivity index (χ3v) is 24.6. The molecule has 42 atom stereocenters. The van der Waals surface area contributed by atoms with Crippen LogP contribution in [-0.4, -0.2) is 334 Å². The fourth-order valence-electron chi connectivity index (χ4n) is 19.1. The van der Waals surface area contributed by atoms with E-state index in [0.717, 1.165) is 51.4 Å². The van der Waals surface area contributed by atoms with Crippen molar-refractivity contribution in [1.29, 1.82) is 0 Å². The molecule has 1 spiro atoms. The Morgan fingerprint density at radius 2 is 0.853 bits per heavy atom. The van der Waals surface area contributed by atoms with E-state index in [-0.39, 0.29) is 28.8 Å². The molecule has 4 aliphatic carbocycles. The lowest BCUT2D eigenvalue weighted by Crippen LogP contribution is -2.68. The second-order valence-electron chi connectivity index (χ2n) is 29.9. The van der Waals surface area contributed by atoms with Gasteiger partial charge in [-0.1, -0.05) is 27.7 Å². The summed E-state index contributed by atoms with van der Waals surface area (Å²) in [7, 11) is 0. The van der Waals surface area contributed by atoms with Crippen LogP contribution in [0.5, 0.6) is 0 Å². The first-order valence-corrected chi connectivity index (χ1v) is 34.2. The smallest absolute Gasteiger partial charge is 0.187 e. The van der Waals surface area contributed by atoms with E-state index in [9.17, 15) is 91.9 Å². The van der Waals surface area contributed by atoms with Crippen molar-refractivity contribution in [2.24, 2.45) is 52.3 Å². The summed E-state index contributed by atoms with van der Waals surface area (Å²) in [5, 5.41) is 198. The van der Waals surface area contributed by atoms with E-state index in [1.807, 2.05) is 0 Å². The molecular weight excluding hydrogens is 1270 g/mol. The van der Waals surface area contributed by atoms with E-state index >= 15 is 0 Å². The highest BCUT2D eigenvalue weighted by Crippen LogP contribution is 2.71. The number of hydrogen-bond donors (Lipinski definition) is 18. The summed E-state index contributed by atoms with van der Waals surface area (Å²) < 4.78 is 85.8. The summed E-state index contributed by atoms with van der Waals surface area (Å²) in [6.45, 7) is 6.90. The van der Waals surface area contributed by atoms with Gasteiger partial charge in [0.15, 0.2) is 43.5 Å². The molecular formula is C63H104O32. The summed E-state index contributed by atoms with van der Waals surface area (Å²) in [4.78, 5) is 0. The van der Waals surface area contributed by atoms with Crippen molar-refractivity contribution in [1.82, 2.24) is 0 Å². The highest BCUT2D eigenvalue weighted by atomic mass is 16.8. The highest BCUT2D eigenvalue weighted by Gasteiger charge is 2.70. The van der Waals surface area contributed by atoms with Crippen LogP contribution in [0.4, 0.5) is 0 Å². The zero-order chi connectivity index (χ0) is 68.2. The molecule has 4 saturated carbocycles. The fraction of sp³-hybridized carbons (Fsp3) is 1.00. The van der Waals surface area contributed by atoms with Crippen LogP contribution in [0.25, 0.3) is 0 Å². The van der Waals surface area contributed by atoms with E-state index < -0.39 is 229 Å². The van der Waals surface area contributed by atoms with Gasteiger partial charge in [0.25, 0.3) is 0 Å². The molecule has 548 valence electrons. The SMILES string of the molecule is C[C@@H]1CC[C@@]2(OC1)O[C@H]1C[C@H]3[C@@H]4CC[C@H]5C[C@@H](O[C@@H]6O[C@H](CO)[C@H](O[C@@H]7O[C@H](CO)[C@@H](O)[C@H](O[C@@H]8O[C@H](CO)[C@@H](O[C@@H]9O[C@@H](C)[C@H](O)[C@@H](O)[C@H]9O)[C@H](O)[C@H]8O)[C@H]7O)[C@H](O)[C@H]6O[C@@H]6O[C@H](CO)[C@@H](O)[C@H](O[C@@H]7O[C@H](CO)[C@@H](O)[C@H](O)[C@H]7O)[C@H]6O)CC[C@]5(C)[C@H]4CC[C@]3(C)[C@H]1[C@@H]2C. The monoisotopic (exact) mass is 1370 g/mol. The van der Waals surface area contributed by atoms with Crippen molar-refractivity contribution < 1.29 is 158 Å². The Hall–Kier alpha value is -1.28. The number of rotatable bonds is 17. The molecule has 32 heteroatoms. The lowest BCUT2D eigenvalue weighted by atomic mass is 9.44. The Kier molecular flexibility index (Phi) is 22.5. The molecule has 8 heterocycles. The largest absolute Gasteiger partial charge is 0.394 e. The van der Waals surface area contributed by atoms with Crippen molar-refractivity contribution in [2.75, 3.05) is 39.6 Å². The van der Waals surface area contributed by atoms with Gasteiger partial charge in [-0.15, -0.1) is 0 Å². The van der Waals surface area contributed by atoms with Crippen molar-refractivity contribution >= 4 is 0 Å². The normalized spacial score (nSPS) is 57.3. The van der Waals surface area contributed by atoms with Gasteiger partial charge < -0.3 is 158 Å². The van der Waals surface area contributed by atoms with Gasteiger partial charge >= 0.3 is 0 Å². The maximum Gasteiger partial charge on any atom is 0.187 e. The number of aliphatic hydroxyl groups is 18. The summed E-state index contributed by atoms with van der Waals surface area (Å²) >= 11 is 0. The predicted octanol–water partition coefficient (Wildman–Crippen LogP) is -6.23. The van der Waals surface area contributed by atoms with Gasteiger partial charge in [-0.3, -0.25) is 0 Å². The summed E-state index contributed by atoms with van der Waals surface area (Å²) in [6.07, 6.45) is -46.6. The summed E-state index contributed by atoms with van der Waals surface area (Å²) in [5.41, 5.74) is 0.0238. The first-order valence-electron chi connectivity index (χ1n) is 34.2. The summed E-state index contributed by atoms with van der Waals surface area (Å²) in [5.74, 6) is 2.22. The minimum Gasteiger partial charge on any atom is -0.394 e. The Morgan fingerprint density at radius 1 is 0.379 bits per heavy atom. The topological polar surface area (TPSA) is 493 Å². The number of ether oxygens (including phenoxy) is 14. The van der Waals surface area contributed by atoms with Gasteiger partial charge in [0, 0.05) is 12.3 Å². The van der Waals surface area contributed by atoms with Crippen LogP contribution >= 0.6 is 0 Å². The van der Waals surface area contributed by atoms with Gasteiger partial charge in [-0.05, 0) is 111 Å². The molecule has 12 rings (SSSR count). The van der Waals surface area contributed by atoms with E-state index in [1.54, 1.807) is 0 Å². The Labute approximate surface area is 549 Å². The molecule has 18 N–H and O–H groups in total. The minimum absolute atomic E-state index is 0.0743. The van der Waals surface area contributed by atoms with Crippen LogP contribution in [0.2, 0.25) is 0 Å². The number of aliphatic hydroxyl groups excluding tert-OH is 18. The van der Waals surface area contributed by atoms with Crippen molar-refractivity contribution in [3.05, 3.63) is 0 Å². The van der Waals surface area contributed by atoms with Crippen molar-refractivity contribution in [2.45, 2.75) is 301 Å². The van der Waals surface area contributed by atoms with Crippen LogP contribution in [0.15, 0.2) is 0 Å². The van der Waals surface area contributed by atoms with Crippen molar-refractivity contribution in [3.8, 4) is 0 Å². The molecule has 12 aliphatic rings. The lowest BCUT2D eigenvalue weighted by Gasteiger charge is -2.61. The molecule has 0 bridgehead atoms. The molecule has 0 aromatic heterocycles. The molecule has 12 fully saturated rings. The fourth-order valence-corrected chi connectivity index (χ4v) is 19.1. The third kappa shape index (κ3) is 13.2. The summed E-state index contributed by atoms with van der Waals surface area (Å²) in [6, 6.07) is 0. The predicted molar refractivity (Wildman–Crippen MR) is 312 cm³/mol. The van der Waals surface area contributed by atoms with Gasteiger partial charge in [0.2, 0.25) is 0 Å². The Bertz CT molecular complexity index is 2500. The van der Waals surface area contributed by atoms with Crippen LogP contribution < -0.4 is 0 Å². The van der Waals surface area contributed by atoms with E-state index in [2.05, 4.69) is 27.7 Å². The van der Waals surface area contributed by atoms with Crippen LogP contribution in [0.1, 0.15) is 98.8 Å². The Balaban J connectivity index is 0.773. The van der Waals surface area contributed by atoms with Crippen LogP contribution in [0, 0.1) is 52.3 Å². The molecule has 0 unspecified atom stereocenters. The van der Waals surface area contributed by atoms with Gasteiger partial charge in [-0.25, -0.2) is 0 Å². The molecule has 95 heavy (non-hydrogen) atoms. The zero-order valence-electron chi connectivity index (χ0n) is 54.1. The second kappa shape index (κ2) is 29.1. The average Bonchev–Trinajstić information content (AvgIpc) is 1.55. The molecule has 0 radical (unpaired) electrons. The maximum atomic E-state index is 12.8. The van der Waals surface area contributed by atoms with E-state index in [0.29, 0.717) is 49.0 Å². The maximum absolute atomic E-state index is 12.8. The molecule has 0 amide bonds. The van der Waals surface area contributed by atoms with Crippen LogP contribution in [-0.2, 0) is 66.3 Å². The van der Waals surface area contributed by atoms with Gasteiger partial charge in [-0.2, -0.15) is 0 Å². The Morgan fingerprint density at radius 3 is 1.41 bits per heavy atom. The number of hydrogen-bond acceptors (Lipinski definition) is 32. The third-order valence-electron chi connectivity index (χ3n) is 24.6. The quantitative estimate of drug-likeness (QED) is 0.0603. The minimum atomic E-state index is -2.18. The lowest BCUT2D eigenvalue weighted by molar-refractivity contribution is -0.405. The standard InChI is InChI=1S/C63H104O32/c1-22-8-13-63(82-21-22)23(2)36-30(95-63)15-29-27-7-6-25-14-26(9-11-61(25,4)28(27)10-12-62(29,36)5)84-60-54(94-59-49(81)53(40(72)33(18-66)87-59)92-56-45(77)42(74)38(70)31(16-64)85-56)47(79)51(35(20-68)89-60)91-58-48(80)52(39(71)32(17-65)86-58)93-57-46(78)43(75)50(34(19-67)88-57)90-55-44(76)41(73)37(69)24(3)83-55/h22-60,64-81H,6-21H2,1-5H3/t22-,23+,24+,25+,26+,27-,28+,29+,30+,31-,32-,33-,34-,35-,36+,37+,38-,39-,40-,41-,42+,43-,44-,45-,46-,47+,48-,49-,50-,51+,52+,53+,54-,55+,56+,57+,58+,59+,60-,61+,62+,63-/m1/s1. The highest BCUT2D eigenvalue weighted by molar-refractivity contribution is 5.16. The average molecular weight is 1370 g/mol. The molecule has 32 nitrogen and oxygen atoms in total. The van der Waals surface area contributed by atoms with E-state index in [1.165, 1.54) is 6.92 Å². The molecule has 8 saturated heterocycles. The first-order chi connectivity index (χ1) is 45.1.